The Morgan fingerprint density at radius 1 is 0.369 bits per heavy atom. The number of rotatable bonds is 48. The van der Waals surface area contributed by atoms with E-state index >= 15 is 0 Å². The van der Waals surface area contributed by atoms with Gasteiger partial charge in [-0.15, -0.1) is 0 Å². The van der Waals surface area contributed by atoms with Crippen molar-refractivity contribution in [1.82, 2.24) is 10.2 Å². The van der Waals surface area contributed by atoms with Crippen molar-refractivity contribution in [3.63, 3.8) is 0 Å². The molecule has 2 aliphatic heterocycles. The normalized spacial score (nSPS) is 17.6. The second kappa shape index (κ2) is 40.9. The lowest BCUT2D eigenvalue weighted by Crippen LogP contribution is -2.67. The molecule has 0 radical (unpaired) electrons. The molecule has 65 heavy (non-hydrogen) atoms. The highest BCUT2D eigenvalue weighted by Gasteiger charge is 2.52. The standard InChI is InChI=1S/C61H118N2O2/c1-6-11-16-21-26-31-32-33-38-43-48-56-53-58(64)63(59(56)65)57-54-60(49-44-39-34-27-22-17-12-7-2,50-45-40-35-28-23-18-13-8-3)62-61(55-57,51-46-41-36-29-24-19-14-9-4)52-47-42-37-30-25-20-15-10-5/h56-57,62H,6-55H2,1-5H3. The minimum Gasteiger partial charge on any atom is -0.306 e. The minimum atomic E-state index is -0.0870. The van der Waals surface area contributed by atoms with E-state index in [1.165, 1.54) is 289 Å². The topological polar surface area (TPSA) is 49.4 Å². The first-order valence-corrected chi connectivity index (χ1v) is 30.5. The first-order chi connectivity index (χ1) is 31.9. The highest BCUT2D eigenvalue weighted by atomic mass is 16.2. The molecule has 0 bridgehead atoms. The average Bonchev–Trinajstić information content (AvgIpc) is 3.59. The molecule has 1 N–H and O–H groups in total. The molecular formula is C61H118N2O2. The first-order valence-electron chi connectivity index (χ1n) is 30.5. The molecule has 1 atom stereocenters. The maximum Gasteiger partial charge on any atom is 0.233 e. The second-order valence-electron chi connectivity index (χ2n) is 22.6. The molecule has 384 valence electrons. The second-order valence-corrected chi connectivity index (χ2v) is 22.6. The van der Waals surface area contributed by atoms with E-state index in [1.54, 1.807) is 0 Å². The first kappa shape index (κ1) is 60.2. The highest BCUT2D eigenvalue weighted by Crippen LogP contribution is 2.45. The number of unbranched alkanes of at least 4 members (excludes halogenated alkanes) is 37. The number of nitrogens with zero attached hydrogens (tertiary/aromatic N) is 1. The van der Waals surface area contributed by atoms with E-state index in [4.69, 9.17) is 0 Å². The van der Waals surface area contributed by atoms with Gasteiger partial charge in [0, 0.05) is 29.5 Å². The van der Waals surface area contributed by atoms with Crippen molar-refractivity contribution < 1.29 is 9.59 Å². The van der Waals surface area contributed by atoms with Gasteiger partial charge in [0.2, 0.25) is 11.8 Å². The summed E-state index contributed by atoms with van der Waals surface area (Å²) in [5.41, 5.74) is 0.0334. The third-order valence-corrected chi connectivity index (χ3v) is 16.4. The Labute approximate surface area is 408 Å². The van der Waals surface area contributed by atoms with Crippen LogP contribution in [-0.4, -0.2) is 33.8 Å². The van der Waals surface area contributed by atoms with Gasteiger partial charge in [-0.25, -0.2) is 0 Å². The van der Waals surface area contributed by atoms with Crippen molar-refractivity contribution in [2.24, 2.45) is 5.92 Å². The number of carbonyl (C=O) groups excluding carboxylic acids is 2. The Morgan fingerprint density at radius 3 is 0.892 bits per heavy atom. The van der Waals surface area contributed by atoms with E-state index in [-0.39, 0.29) is 34.9 Å². The Balaban J connectivity index is 2.32. The number of carbonyl (C=O) groups is 2. The number of piperidine rings is 1. The summed E-state index contributed by atoms with van der Waals surface area (Å²) < 4.78 is 0. The highest BCUT2D eigenvalue weighted by molar-refractivity contribution is 6.03. The molecular weight excluding hydrogens is 793 g/mol. The molecule has 2 amide bonds. The van der Waals surface area contributed by atoms with Gasteiger partial charge in [-0.3, -0.25) is 14.5 Å². The predicted octanol–water partition coefficient (Wildman–Crippen LogP) is 20.0. The molecule has 2 aliphatic rings. The van der Waals surface area contributed by atoms with Crippen LogP contribution in [0.15, 0.2) is 0 Å². The predicted molar refractivity (Wildman–Crippen MR) is 287 cm³/mol. The zero-order valence-electron chi connectivity index (χ0n) is 45.3. The lowest BCUT2D eigenvalue weighted by Gasteiger charge is -2.55. The molecule has 0 aliphatic carbocycles. The summed E-state index contributed by atoms with van der Waals surface area (Å²) in [7, 11) is 0. The molecule has 0 aromatic rings. The van der Waals surface area contributed by atoms with E-state index in [0.717, 1.165) is 25.7 Å². The molecule has 0 aromatic heterocycles. The average molecular weight is 912 g/mol. The van der Waals surface area contributed by atoms with Crippen LogP contribution in [0.1, 0.15) is 356 Å². The minimum absolute atomic E-state index is 0.0167. The summed E-state index contributed by atoms with van der Waals surface area (Å²) in [5, 5.41) is 4.67. The maximum atomic E-state index is 14.6. The van der Waals surface area contributed by atoms with Gasteiger partial charge in [0.05, 0.1) is 0 Å². The van der Waals surface area contributed by atoms with E-state index in [9.17, 15) is 9.59 Å². The number of likely N-dealkylation sites (tertiary alicyclic amines) is 1. The molecule has 1 unspecified atom stereocenters. The van der Waals surface area contributed by atoms with Crippen LogP contribution in [-0.2, 0) is 9.59 Å². The molecule has 0 spiro atoms. The third-order valence-electron chi connectivity index (χ3n) is 16.4. The Hall–Kier alpha value is -0.900. The molecule has 2 rings (SSSR count). The van der Waals surface area contributed by atoms with Crippen LogP contribution in [0.5, 0.6) is 0 Å². The summed E-state index contributed by atoms with van der Waals surface area (Å²) in [6.07, 6.45) is 64.5. The zero-order valence-corrected chi connectivity index (χ0v) is 45.3. The Morgan fingerprint density at radius 2 is 0.615 bits per heavy atom. The van der Waals surface area contributed by atoms with Crippen LogP contribution in [0.2, 0.25) is 0 Å². The summed E-state index contributed by atoms with van der Waals surface area (Å²) in [6, 6.07) is 0.0557. The lowest BCUT2D eigenvalue weighted by molar-refractivity contribution is -0.144. The fraction of sp³-hybridized carbons (Fsp3) is 0.967. The molecule has 2 saturated heterocycles. The van der Waals surface area contributed by atoms with Gasteiger partial charge in [0.25, 0.3) is 0 Å². The Kier molecular flexibility index (Phi) is 37.9. The maximum absolute atomic E-state index is 14.6. The number of hydrogen-bond donors (Lipinski definition) is 1. The molecule has 4 heteroatoms. The molecule has 2 fully saturated rings. The van der Waals surface area contributed by atoms with Gasteiger partial charge in [-0.1, -0.05) is 304 Å². The lowest BCUT2D eigenvalue weighted by atomic mass is 9.68. The van der Waals surface area contributed by atoms with Gasteiger partial charge in [-0.2, -0.15) is 0 Å². The largest absolute Gasteiger partial charge is 0.306 e. The number of imide groups is 1. The van der Waals surface area contributed by atoms with Crippen molar-refractivity contribution in [3.05, 3.63) is 0 Å². The molecule has 2 heterocycles. The van der Waals surface area contributed by atoms with Crippen molar-refractivity contribution in [2.45, 2.75) is 373 Å². The molecule has 0 aromatic carbocycles. The number of hydrogen-bond acceptors (Lipinski definition) is 3. The van der Waals surface area contributed by atoms with Crippen LogP contribution in [0.4, 0.5) is 0 Å². The fourth-order valence-corrected chi connectivity index (χ4v) is 12.3. The van der Waals surface area contributed by atoms with Gasteiger partial charge in [0.1, 0.15) is 0 Å². The van der Waals surface area contributed by atoms with Crippen LogP contribution in [0.3, 0.4) is 0 Å². The quantitative estimate of drug-likeness (QED) is 0.0489. The van der Waals surface area contributed by atoms with Crippen LogP contribution >= 0.6 is 0 Å². The Bertz CT molecular complexity index is 996. The van der Waals surface area contributed by atoms with Crippen LogP contribution in [0, 0.1) is 5.92 Å². The van der Waals surface area contributed by atoms with Gasteiger partial charge in [-0.05, 0) is 44.9 Å². The molecule has 0 saturated carbocycles. The molecule has 4 nitrogen and oxygen atoms in total. The zero-order chi connectivity index (χ0) is 46.9. The third kappa shape index (κ3) is 28.4. The summed E-state index contributed by atoms with van der Waals surface area (Å²) in [6.45, 7) is 11.6. The van der Waals surface area contributed by atoms with Crippen molar-refractivity contribution in [1.29, 1.82) is 0 Å². The van der Waals surface area contributed by atoms with Gasteiger partial charge >= 0.3 is 0 Å². The fourth-order valence-electron chi connectivity index (χ4n) is 12.3. The van der Waals surface area contributed by atoms with Crippen molar-refractivity contribution in [3.8, 4) is 0 Å². The van der Waals surface area contributed by atoms with E-state index in [1.807, 2.05) is 4.90 Å². The summed E-state index contributed by atoms with van der Waals surface area (Å²) >= 11 is 0. The summed E-state index contributed by atoms with van der Waals surface area (Å²) in [5.74, 6) is 0.287. The SMILES string of the molecule is CCCCCCCCCCCCC1CC(=O)N(C2CC(CCCCCCCCCC)(CCCCCCCCCC)NC(CCCCCCCCCC)(CCCCCCCCCC)C2)C1=O. The summed E-state index contributed by atoms with van der Waals surface area (Å²) in [4.78, 5) is 30.9. The van der Waals surface area contributed by atoms with E-state index in [2.05, 4.69) is 39.9 Å². The van der Waals surface area contributed by atoms with Gasteiger partial charge in [0.15, 0.2) is 0 Å². The smallest absolute Gasteiger partial charge is 0.233 e. The van der Waals surface area contributed by atoms with Crippen LogP contribution in [0.25, 0.3) is 0 Å². The number of amides is 2. The van der Waals surface area contributed by atoms with E-state index in [0.29, 0.717) is 6.42 Å². The van der Waals surface area contributed by atoms with Crippen molar-refractivity contribution >= 4 is 11.8 Å². The monoisotopic (exact) mass is 911 g/mol. The van der Waals surface area contributed by atoms with Crippen molar-refractivity contribution in [2.75, 3.05) is 0 Å². The van der Waals surface area contributed by atoms with E-state index < -0.39 is 0 Å². The van der Waals surface area contributed by atoms with Gasteiger partial charge < -0.3 is 5.32 Å². The van der Waals surface area contributed by atoms with Crippen LogP contribution < -0.4 is 5.32 Å². The number of nitrogens with one attached hydrogen (secondary N) is 1.